The van der Waals surface area contributed by atoms with Crippen LogP contribution in [0.4, 0.5) is 0 Å². The van der Waals surface area contributed by atoms with Crippen LogP contribution in [0.2, 0.25) is 0 Å². The third-order valence-electron chi connectivity index (χ3n) is 4.66. The van der Waals surface area contributed by atoms with Gasteiger partial charge in [0.25, 0.3) is 10.1 Å². The van der Waals surface area contributed by atoms with E-state index in [1.165, 1.54) is 12.1 Å². The second-order valence-corrected chi connectivity index (χ2v) is 10.9. The quantitative estimate of drug-likeness (QED) is 0.477. The van der Waals surface area contributed by atoms with Gasteiger partial charge in [0.15, 0.2) is 0 Å². The lowest BCUT2D eigenvalue weighted by molar-refractivity contribution is 0.480. The predicted octanol–water partition coefficient (Wildman–Crippen LogP) is 5.07. The minimum absolute atomic E-state index is 0.0326. The first kappa shape index (κ1) is 23.4. The summed E-state index contributed by atoms with van der Waals surface area (Å²) in [6.45, 7) is 11.9. The summed E-state index contributed by atoms with van der Waals surface area (Å²) in [5.74, 6) is 0.133. The molecule has 0 radical (unpaired) electrons. The summed E-state index contributed by atoms with van der Waals surface area (Å²) in [6.07, 6.45) is 0. The standard InChI is InChI=1S/C21H28O6S2/c1-13(2)16-11-19(14(3)4)21(20(12-16)15(5)6)29(25,26)27-17-7-9-18(10-8-17)28(22,23)24/h7-15H,1-6H3,(H,22,23,24). The van der Waals surface area contributed by atoms with Crippen molar-refractivity contribution in [1.29, 1.82) is 0 Å². The molecule has 0 saturated heterocycles. The van der Waals surface area contributed by atoms with Crippen molar-refractivity contribution in [2.24, 2.45) is 0 Å². The van der Waals surface area contributed by atoms with Crippen LogP contribution >= 0.6 is 0 Å². The van der Waals surface area contributed by atoms with Gasteiger partial charge in [-0.25, -0.2) is 0 Å². The first-order valence-corrected chi connectivity index (χ1v) is 12.3. The lowest BCUT2D eigenvalue weighted by atomic mass is 9.89. The second kappa shape index (κ2) is 8.45. The van der Waals surface area contributed by atoms with Crippen LogP contribution in [-0.4, -0.2) is 21.4 Å². The van der Waals surface area contributed by atoms with Crippen molar-refractivity contribution in [1.82, 2.24) is 0 Å². The van der Waals surface area contributed by atoms with Crippen molar-refractivity contribution in [2.45, 2.75) is 69.1 Å². The summed E-state index contributed by atoms with van der Waals surface area (Å²) in [7, 11) is -8.54. The van der Waals surface area contributed by atoms with E-state index in [2.05, 4.69) is 13.8 Å². The molecule has 0 spiro atoms. The zero-order chi connectivity index (χ0) is 22.1. The van der Waals surface area contributed by atoms with Crippen molar-refractivity contribution in [3.63, 3.8) is 0 Å². The van der Waals surface area contributed by atoms with Crippen LogP contribution < -0.4 is 4.18 Å². The average Bonchev–Trinajstić information content (AvgIpc) is 2.59. The van der Waals surface area contributed by atoms with Crippen molar-refractivity contribution < 1.29 is 25.6 Å². The highest BCUT2D eigenvalue weighted by Crippen LogP contribution is 2.36. The van der Waals surface area contributed by atoms with Gasteiger partial charge in [-0.2, -0.15) is 16.8 Å². The van der Waals surface area contributed by atoms with Crippen molar-refractivity contribution >= 4 is 20.2 Å². The van der Waals surface area contributed by atoms with Gasteiger partial charge in [0.2, 0.25) is 0 Å². The van der Waals surface area contributed by atoms with E-state index < -0.39 is 20.2 Å². The lowest BCUT2D eigenvalue weighted by Crippen LogP contribution is -2.17. The summed E-state index contributed by atoms with van der Waals surface area (Å²) in [6, 6.07) is 8.42. The maximum Gasteiger partial charge on any atom is 0.339 e. The van der Waals surface area contributed by atoms with Crippen molar-refractivity contribution in [3.05, 3.63) is 53.1 Å². The molecule has 2 aromatic rings. The Hall–Kier alpha value is -1.90. The molecular weight excluding hydrogens is 412 g/mol. The van der Waals surface area contributed by atoms with E-state index in [-0.39, 0.29) is 33.3 Å². The summed E-state index contributed by atoms with van der Waals surface area (Å²) in [4.78, 5) is -0.181. The molecule has 0 heterocycles. The summed E-state index contributed by atoms with van der Waals surface area (Å²) in [5.41, 5.74) is 2.44. The Bertz CT molecular complexity index is 1050. The minimum Gasteiger partial charge on any atom is -0.379 e. The number of hydrogen-bond acceptors (Lipinski definition) is 5. The fourth-order valence-electron chi connectivity index (χ4n) is 3.01. The Kier molecular flexibility index (Phi) is 6.82. The molecule has 8 heteroatoms. The molecule has 0 atom stereocenters. The molecule has 0 aromatic heterocycles. The van der Waals surface area contributed by atoms with Gasteiger partial charge in [0, 0.05) is 0 Å². The molecular formula is C21H28O6S2. The molecule has 0 aliphatic carbocycles. The number of benzene rings is 2. The highest BCUT2D eigenvalue weighted by Gasteiger charge is 2.28. The van der Waals surface area contributed by atoms with Gasteiger partial charge in [0.05, 0.1) is 4.90 Å². The molecule has 0 bridgehead atoms. The Morgan fingerprint density at radius 3 is 1.55 bits per heavy atom. The molecule has 2 rings (SSSR count). The van der Waals surface area contributed by atoms with E-state index in [1.54, 1.807) is 0 Å². The van der Waals surface area contributed by atoms with E-state index in [0.717, 1.165) is 17.7 Å². The monoisotopic (exact) mass is 440 g/mol. The molecule has 0 saturated carbocycles. The highest BCUT2D eigenvalue weighted by atomic mass is 32.2. The minimum atomic E-state index is -4.37. The molecule has 160 valence electrons. The third-order valence-corrected chi connectivity index (χ3v) is 6.91. The van der Waals surface area contributed by atoms with Crippen LogP contribution in [0, 0.1) is 0 Å². The summed E-state index contributed by atoms with van der Waals surface area (Å²) in [5, 5.41) is 0. The van der Waals surface area contributed by atoms with Crippen LogP contribution in [-0.2, 0) is 20.2 Å². The van der Waals surface area contributed by atoms with Gasteiger partial charge in [-0.05, 0) is 58.7 Å². The van der Waals surface area contributed by atoms with Crippen molar-refractivity contribution in [2.75, 3.05) is 0 Å². The van der Waals surface area contributed by atoms with Gasteiger partial charge in [-0.1, -0.05) is 53.7 Å². The third kappa shape index (κ3) is 5.38. The molecule has 0 amide bonds. The SMILES string of the molecule is CC(C)c1cc(C(C)C)c(S(=O)(=O)Oc2ccc(S(=O)(=O)O)cc2)c(C(C)C)c1. The van der Waals surface area contributed by atoms with E-state index >= 15 is 0 Å². The summed E-state index contributed by atoms with van der Waals surface area (Å²) >= 11 is 0. The zero-order valence-corrected chi connectivity index (χ0v) is 19.1. The lowest BCUT2D eigenvalue weighted by Gasteiger charge is -2.22. The Labute approximate surface area is 173 Å². The molecule has 6 nitrogen and oxygen atoms in total. The first-order chi connectivity index (χ1) is 13.2. The molecule has 0 unspecified atom stereocenters. The van der Waals surface area contributed by atoms with Gasteiger partial charge in [0.1, 0.15) is 10.6 Å². The Morgan fingerprint density at radius 2 is 1.21 bits per heavy atom. The van der Waals surface area contributed by atoms with E-state index in [4.69, 9.17) is 8.74 Å². The highest BCUT2D eigenvalue weighted by molar-refractivity contribution is 7.87. The van der Waals surface area contributed by atoms with E-state index in [1.807, 2.05) is 39.8 Å². The fourth-order valence-corrected chi connectivity index (χ4v) is 5.11. The van der Waals surface area contributed by atoms with Gasteiger partial charge in [-0.15, -0.1) is 0 Å². The predicted molar refractivity (Wildman–Crippen MR) is 113 cm³/mol. The topological polar surface area (TPSA) is 97.7 Å². The maximum atomic E-state index is 13.2. The van der Waals surface area contributed by atoms with Gasteiger partial charge >= 0.3 is 10.1 Å². The normalized spacial score (nSPS) is 12.8. The Morgan fingerprint density at radius 1 is 0.759 bits per heavy atom. The smallest absolute Gasteiger partial charge is 0.339 e. The van der Waals surface area contributed by atoms with Crippen LogP contribution in [0.25, 0.3) is 0 Å². The molecule has 0 aliphatic heterocycles. The zero-order valence-electron chi connectivity index (χ0n) is 17.5. The van der Waals surface area contributed by atoms with E-state index in [0.29, 0.717) is 11.1 Å². The van der Waals surface area contributed by atoms with Crippen molar-refractivity contribution in [3.8, 4) is 5.75 Å². The fraction of sp³-hybridized carbons (Fsp3) is 0.429. The largest absolute Gasteiger partial charge is 0.379 e. The molecule has 2 aromatic carbocycles. The number of rotatable bonds is 7. The van der Waals surface area contributed by atoms with Crippen LogP contribution in [0.1, 0.15) is 76.0 Å². The number of hydrogen-bond donors (Lipinski definition) is 1. The molecule has 0 fully saturated rings. The molecule has 1 N–H and O–H groups in total. The van der Waals surface area contributed by atoms with Gasteiger partial charge < -0.3 is 4.18 Å². The van der Waals surface area contributed by atoms with Crippen LogP contribution in [0.3, 0.4) is 0 Å². The summed E-state index contributed by atoms with van der Waals surface area (Å²) < 4.78 is 63.2. The van der Waals surface area contributed by atoms with Gasteiger partial charge in [-0.3, -0.25) is 4.55 Å². The van der Waals surface area contributed by atoms with Crippen LogP contribution in [0.15, 0.2) is 46.2 Å². The van der Waals surface area contributed by atoms with Crippen LogP contribution in [0.5, 0.6) is 5.75 Å². The molecule has 29 heavy (non-hydrogen) atoms. The average molecular weight is 441 g/mol. The maximum absolute atomic E-state index is 13.2. The second-order valence-electron chi connectivity index (χ2n) is 7.98. The van der Waals surface area contributed by atoms with E-state index in [9.17, 15) is 16.8 Å². The first-order valence-electron chi connectivity index (χ1n) is 9.43. The Balaban J connectivity index is 2.61. The molecule has 0 aliphatic rings.